The lowest BCUT2D eigenvalue weighted by Crippen LogP contribution is -2.64. The maximum atomic E-state index is 15.0. The SMILES string of the molecule is C=CC(=O)N(C(=O)c1cc(C(=O)N(C(=O)C=C)C2CC(C)(C)N(O)C(C)(C)C2)cc(C(=O)N(C(=O)C=C)C2CC(C)(C)N(O)C(C)(C)C2)c1)C1CC(C)(C)N(C)C(C)(C)C1. The summed E-state index contributed by atoms with van der Waals surface area (Å²) in [5.74, 6) is -4.59. The maximum Gasteiger partial charge on any atom is 0.261 e. The average Bonchev–Trinajstić information content (AvgIpc) is 3.13. The molecule has 14 nitrogen and oxygen atoms in total. The van der Waals surface area contributed by atoms with Gasteiger partial charge < -0.3 is 10.4 Å². The summed E-state index contributed by atoms with van der Waals surface area (Å²) in [4.78, 5) is 91.7. The highest BCUT2D eigenvalue weighted by Crippen LogP contribution is 2.42. The lowest BCUT2D eigenvalue weighted by Gasteiger charge is -2.55. The van der Waals surface area contributed by atoms with E-state index in [1.807, 2.05) is 34.7 Å². The molecule has 0 aromatic heterocycles. The average molecular weight is 833 g/mol. The molecule has 60 heavy (non-hydrogen) atoms. The number of rotatable bonds is 9. The molecule has 3 fully saturated rings. The molecule has 0 unspecified atom stereocenters. The standard InChI is InChI=1S/C46H68N6O8/c1-17-35(53)48(32-23-41(4,5)47(16)42(6,7)24-32)38(56)29-20-30(39(57)49(36(54)18-2)33-25-43(8,9)51(59)44(10,11)26-33)22-31(21-29)40(58)50(37(55)19-3)34-27-45(12,13)52(60)46(14,15)28-34/h17-22,32-34,59-60H,1-3,23-28H2,4-16H3. The Morgan fingerprint density at radius 2 is 0.683 bits per heavy atom. The first-order chi connectivity index (χ1) is 27.3. The van der Waals surface area contributed by atoms with Crippen LogP contribution in [0.15, 0.2) is 56.2 Å². The van der Waals surface area contributed by atoms with Crippen molar-refractivity contribution in [1.82, 2.24) is 29.7 Å². The molecule has 1 aromatic rings. The molecule has 14 heteroatoms. The molecule has 3 aliphatic heterocycles. The van der Waals surface area contributed by atoms with E-state index in [-0.39, 0.29) is 42.4 Å². The molecular formula is C46H68N6O8. The van der Waals surface area contributed by atoms with Crippen LogP contribution in [0.1, 0.15) is 153 Å². The summed E-state index contributed by atoms with van der Waals surface area (Å²) in [6, 6.07) is 1.69. The van der Waals surface area contributed by atoms with Gasteiger partial charge in [0.15, 0.2) is 0 Å². The summed E-state index contributed by atoms with van der Waals surface area (Å²) in [6.45, 7) is 33.5. The van der Waals surface area contributed by atoms with Gasteiger partial charge in [0.2, 0.25) is 0 Å². The van der Waals surface area contributed by atoms with Crippen molar-refractivity contribution in [2.75, 3.05) is 7.05 Å². The highest BCUT2D eigenvalue weighted by Gasteiger charge is 2.51. The fourth-order valence-corrected chi connectivity index (χ4v) is 10.3. The van der Waals surface area contributed by atoms with Crippen molar-refractivity contribution >= 4 is 35.4 Å². The van der Waals surface area contributed by atoms with Crippen molar-refractivity contribution < 1.29 is 39.2 Å². The zero-order valence-electron chi connectivity index (χ0n) is 38.1. The molecule has 1 aromatic carbocycles. The number of carbonyl (C=O) groups is 6. The predicted molar refractivity (Wildman–Crippen MR) is 229 cm³/mol. The van der Waals surface area contributed by atoms with Crippen LogP contribution < -0.4 is 0 Å². The predicted octanol–water partition coefficient (Wildman–Crippen LogP) is 6.62. The summed E-state index contributed by atoms with van der Waals surface area (Å²) in [5, 5.41) is 24.6. The van der Waals surface area contributed by atoms with Crippen LogP contribution in [0, 0.1) is 0 Å². The third-order valence-electron chi connectivity index (χ3n) is 13.2. The number of hydrogen-bond acceptors (Lipinski definition) is 11. The number of benzene rings is 1. The van der Waals surface area contributed by atoms with Gasteiger partial charge in [0.05, 0.1) is 0 Å². The molecule has 0 spiro atoms. The second kappa shape index (κ2) is 16.5. The van der Waals surface area contributed by atoms with Crippen LogP contribution in [0.4, 0.5) is 0 Å². The lowest BCUT2D eigenvalue weighted by atomic mass is 9.76. The van der Waals surface area contributed by atoms with Crippen molar-refractivity contribution in [2.45, 2.75) is 173 Å². The van der Waals surface area contributed by atoms with E-state index in [1.54, 1.807) is 55.4 Å². The number of nitrogens with zero attached hydrogens (tertiary/aromatic N) is 6. The number of piperidine rings is 3. The fraction of sp³-hybridized carbons (Fsp3) is 0.609. The topological polar surface area (TPSA) is 162 Å². The van der Waals surface area contributed by atoms with Gasteiger partial charge in [-0.25, -0.2) is 0 Å². The number of hydrogen-bond donors (Lipinski definition) is 2. The number of carbonyl (C=O) groups excluding carboxylic acids is 6. The van der Waals surface area contributed by atoms with Crippen LogP contribution >= 0.6 is 0 Å². The zero-order valence-corrected chi connectivity index (χ0v) is 38.1. The monoisotopic (exact) mass is 833 g/mol. The maximum absolute atomic E-state index is 15.0. The third-order valence-corrected chi connectivity index (χ3v) is 13.2. The Morgan fingerprint density at radius 3 is 0.883 bits per heavy atom. The third kappa shape index (κ3) is 9.13. The molecule has 0 radical (unpaired) electrons. The lowest BCUT2D eigenvalue weighted by molar-refractivity contribution is -0.249. The van der Waals surface area contributed by atoms with E-state index in [0.29, 0.717) is 12.8 Å². The van der Waals surface area contributed by atoms with Gasteiger partial charge in [-0.2, -0.15) is 10.1 Å². The van der Waals surface area contributed by atoms with Gasteiger partial charge in [0.25, 0.3) is 35.4 Å². The second-order valence-corrected chi connectivity index (χ2v) is 20.7. The van der Waals surface area contributed by atoms with E-state index in [0.717, 1.165) is 32.9 Å². The Balaban J connectivity index is 1.98. The highest BCUT2D eigenvalue weighted by atomic mass is 16.5. The van der Waals surface area contributed by atoms with Crippen LogP contribution in [0.3, 0.4) is 0 Å². The van der Waals surface area contributed by atoms with Gasteiger partial charge in [-0.3, -0.25) is 48.4 Å². The molecule has 3 saturated heterocycles. The fourth-order valence-electron chi connectivity index (χ4n) is 10.3. The van der Waals surface area contributed by atoms with Crippen LogP contribution in [-0.2, 0) is 14.4 Å². The second-order valence-electron chi connectivity index (χ2n) is 20.7. The normalized spacial score (nSPS) is 22.9. The molecule has 0 bridgehead atoms. The molecule has 3 heterocycles. The van der Waals surface area contributed by atoms with Gasteiger partial charge >= 0.3 is 0 Å². The molecule has 3 aliphatic rings. The van der Waals surface area contributed by atoms with E-state index in [4.69, 9.17) is 0 Å². The Labute approximate surface area is 356 Å². The molecule has 0 saturated carbocycles. The van der Waals surface area contributed by atoms with Crippen molar-refractivity contribution in [3.63, 3.8) is 0 Å². The zero-order chi connectivity index (χ0) is 45.9. The molecular weight excluding hydrogens is 765 g/mol. The van der Waals surface area contributed by atoms with Crippen molar-refractivity contribution in [3.8, 4) is 0 Å². The number of likely N-dealkylation sites (tertiary alicyclic amines) is 1. The van der Waals surface area contributed by atoms with Crippen LogP contribution in [0.2, 0.25) is 0 Å². The Morgan fingerprint density at radius 1 is 0.483 bits per heavy atom. The molecule has 4 rings (SSSR count). The quantitative estimate of drug-likeness (QED) is 0.257. The minimum atomic E-state index is -0.871. The van der Waals surface area contributed by atoms with Gasteiger partial charge in [0, 0.05) is 68.0 Å². The van der Waals surface area contributed by atoms with Gasteiger partial charge in [0.1, 0.15) is 0 Å². The van der Waals surface area contributed by atoms with Crippen LogP contribution in [0.5, 0.6) is 0 Å². The minimum absolute atomic E-state index is 0.183. The van der Waals surface area contributed by atoms with E-state index in [1.165, 1.54) is 28.3 Å². The molecule has 2 N–H and O–H groups in total. The van der Waals surface area contributed by atoms with Crippen LogP contribution in [-0.4, -0.2) is 134 Å². The summed E-state index contributed by atoms with van der Waals surface area (Å²) in [7, 11) is 2.00. The number of imide groups is 3. The molecule has 0 aliphatic carbocycles. The first kappa shape index (κ1) is 48.3. The Bertz CT molecular complexity index is 1680. The van der Waals surface area contributed by atoms with Crippen LogP contribution in [0.25, 0.3) is 0 Å². The highest BCUT2D eigenvalue weighted by molar-refractivity contribution is 6.14. The van der Waals surface area contributed by atoms with E-state index >= 15 is 0 Å². The smallest absolute Gasteiger partial charge is 0.261 e. The Kier molecular flexibility index (Phi) is 13.3. The van der Waals surface area contributed by atoms with Gasteiger partial charge in [-0.05, 0) is 165 Å². The van der Waals surface area contributed by atoms with Crippen molar-refractivity contribution in [1.29, 1.82) is 0 Å². The summed E-state index contributed by atoms with van der Waals surface area (Å²) in [6.07, 6.45) is 4.64. The summed E-state index contributed by atoms with van der Waals surface area (Å²) >= 11 is 0. The molecule has 330 valence electrons. The first-order valence-electron chi connectivity index (χ1n) is 20.7. The van der Waals surface area contributed by atoms with E-state index in [9.17, 15) is 39.2 Å². The van der Waals surface area contributed by atoms with Crippen molar-refractivity contribution in [2.24, 2.45) is 0 Å². The summed E-state index contributed by atoms with van der Waals surface area (Å²) < 4.78 is 0. The Hall–Kier alpha value is -4.34. The molecule has 0 atom stereocenters. The first-order valence-corrected chi connectivity index (χ1v) is 20.7. The minimum Gasteiger partial charge on any atom is -0.313 e. The van der Waals surface area contributed by atoms with Gasteiger partial charge in [-0.1, -0.05) is 19.7 Å². The largest absolute Gasteiger partial charge is 0.313 e. The van der Waals surface area contributed by atoms with Gasteiger partial charge in [-0.15, -0.1) is 0 Å². The summed E-state index contributed by atoms with van der Waals surface area (Å²) in [5.41, 5.74) is -5.00. The van der Waals surface area contributed by atoms with E-state index < -0.39 is 86.8 Å². The molecule has 6 amide bonds. The number of hydroxylamine groups is 4. The number of amides is 6. The van der Waals surface area contributed by atoms with Crippen molar-refractivity contribution in [3.05, 3.63) is 72.9 Å². The van der Waals surface area contributed by atoms with E-state index in [2.05, 4.69) is 24.6 Å².